The Morgan fingerprint density at radius 3 is 1.74 bits per heavy atom. The van der Waals surface area contributed by atoms with Crippen LogP contribution < -0.4 is 10.1 Å². The number of halogens is 4. The second-order valence-corrected chi connectivity index (χ2v) is 12.9. The van der Waals surface area contributed by atoms with Crippen molar-refractivity contribution in [3.8, 4) is 11.5 Å². The van der Waals surface area contributed by atoms with E-state index >= 15 is 0 Å². The molecular formula is C33H22Cl4N2O4. The number of alkyl halides is 2. The highest BCUT2D eigenvalue weighted by atomic mass is 35.5. The van der Waals surface area contributed by atoms with Gasteiger partial charge in [-0.15, -0.1) is 23.2 Å². The number of hydrogen-bond acceptors (Lipinski definition) is 4. The van der Waals surface area contributed by atoms with E-state index in [9.17, 15) is 14.4 Å². The molecule has 3 amide bonds. The molecule has 1 saturated heterocycles. The maximum Gasteiger partial charge on any atom is 0.247 e. The topological polar surface area (TPSA) is 75.7 Å². The molecule has 43 heavy (non-hydrogen) atoms. The molecule has 0 aromatic heterocycles. The predicted octanol–water partition coefficient (Wildman–Crippen LogP) is 7.71. The SMILES string of the molecule is C[C@H](C(=O)Nc1ccc(Oc2ccc(Cl)cc2Cl)cc1)N1C(=O)[C@H]2[C@H](C1=O)C1(Cl)c3ccccc3C2(Cl)c2ccccc21. The number of carbonyl (C=O) groups excluding carboxylic acids is 3. The largest absolute Gasteiger partial charge is 0.456 e. The van der Waals surface area contributed by atoms with Crippen molar-refractivity contribution in [1.29, 1.82) is 0 Å². The molecular weight excluding hydrogens is 630 g/mol. The number of rotatable bonds is 5. The van der Waals surface area contributed by atoms with Crippen molar-refractivity contribution in [2.75, 3.05) is 5.32 Å². The van der Waals surface area contributed by atoms with E-state index in [0.717, 1.165) is 4.90 Å². The summed E-state index contributed by atoms with van der Waals surface area (Å²) >= 11 is 27.1. The van der Waals surface area contributed by atoms with Crippen LogP contribution in [0.25, 0.3) is 0 Å². The summed E-state index contributed by atoms with van der Waals surface area (Å²) in [6, 6.07) is 25.2. The molecule has 1 heterocycles. The molecule has 2 bridgehead atoms. The molecule has 1 fully saturated rings. The molecule has 1 N–H and O–H groups in total. The fourth-order valence-electron chi connectivity index (χ4n) is 6.73. The summed E-state index contributed by atoms with van der Waals surface area (Å²) < 4.78 is 5.81. The van der Waals surface area contributed by atoms with Gasteiger partial charge in [0.1, 0.15) is 27.3 Å². The van der Waals surface area contributed by atoms with Crippen molar-refractivity contribution in [2.45, 2.75) is 22.7 Å². The number of ether oxygens (including phenoxy) is 1. The van der Waals surface area contributed by atoms with Crippen LogP contribution in [0.5, 0.6) is 11.5 Å². The minimum Gasteiger partial charge on any atom is -0.456 e. The van der Waals surface area contributed by atoms with Crippen molar-refractivity contribution in [3.63, 3.8) is 0 Å². The third kappa shape index (κ3) is 3.97. The number of amides is 3. The van der Waals surface area contributed by atoms with Gasteiger partial charge in [-0.2, -0.15) is 0 Å². The van der Waals surface area contributed by atoms with Gasteiger partial charge in [0, 0.05) is 10.7 Å². The Bertz CT molecular complexity index is 1720. The molecule has 0 radical (unpaired) electrons. The summed E-state index contributed by atoms with van der Waals surface area (Å²) in [4.78, 5) is 40.1. The molecule has 0 saturated carbocycles. The average Bonchev–Trinajstić information content (AvgIpc) is 3.28. The minimum atomic E-state index is -1.31. The van der Waals surface area contributed by atoms with Gasteiger partial charge in [0.05, 0.1) is 16.9 Å². The van der Waals surface area contributed by atoms with Gasteiger partial charge < -0.3 is 10.1 Å². The lowest BCUT2D eigenvalue weighted by Crippen LogP contribution is -2.57. The Labute approximate surface area is 267 Å². The van der Waals surface area contributed by atoms with Gasteiger partial charge in [-0.1, -0.05) is 71.7 Å². The Morgan fingerprint density at radius 1 is 0.791 bits per heavy atom. The maximum atomic E-state index is 14.1. The van der Waals surface area contributed by atoms with Gasteiger partial charge in [0.2, 0.25) is 17.7 Å². The molecule has 4 aromatic rings. The van der Waals surface area contributed by atoms with Crippen LogP contribution in [-0.2, 0) is 24.1 Å². The first kappa shape index (κ1) is 28.2. The minimum absolute atomic E-state index is 0.358. The third-order valence-electron chi connectivity index (χ3n) is 8.63. The van der Waals surface area contributed by atoms with E-state index in [1.807, 2.05) is 48.5 Å². The monoisotopic (exact) mass is 650 g/mol. The fraction of sp³-hybridized carbons (Fsp3) is 0.182. The van der Waals surface area contributed by atoms with Crippen LogP contribution in [0.2, 0.25) is 10.0 Å². The molecule has 216 valence electrons. The normalized spacial score (nSPS) is 25.6. The molecule has 8 rings (SSSR count). The van der Waals surface area contributed by atoms with Crippen LogP contribution in [0.15, 0.2) is 91.0 Å². The maximum absolute atomic E-state index is 14.1. The van der Waals surface area contributed by atoms with Crippen LogP contribution in [0, 0.1) is 11.8 Å². The lowest BCUT2D eigenvalue weighted by Gasteiger charge is -2.54. The average molecular weight is 652 g/mol. The number of nitrogens with one attached hydrogen (secondary N) is 1. The van der Waals surface area contributed by atoms with Gasteiger partial charge in [-0.3, -0.25) is 19.3 Å². The van der Waals surface area contributed by atoms with Crippen LogP contribution in [0.3, 0.4) is 0 Å². The van der Waals surface area contributed by atoms with Gasteiger partial charge in [-0.25, -0.2) is 0 Å². The molecule has 3 atom stereocenters. The number of carbonyl (C=O) groups is 3. The highest BCUT2D eigenvalue weighted by Crippen LogP contribution is 2.69. The van der Waals surface area contributed by atoms with E-state index in [1.54, 1.807) is 42.5 Å². The Hall–Kier alpha value is -3.55. The van der Waals surface area contributed by atoms with E-state index in [0.29, 0.717) is 49.5 Å². The Balaban J connectivity index is 1.16. The van der Waals surface area contributed by atoms with E-state index in [4.69, 9.17) is 51.1 Å². The molecule has 3 aliphatic carbocycles. The van der Waals surface area contributed by atoms with Crippen LogP contribution in [0.1, 0.15) is 29.2 Å². The summed E-state index contributed by atoms with van der Waals surface area (Å²) in [5, 5.41) is 3.64. The lowest BCUT2D eigenvalue weighted by molar-refractivity contribution is -0.146. The summed E-state index contributed by atoms with van der Waals surface area (Å²) in [6.45, 7) is 1.52. The van der Waals surface area contributed by atoms with Crippen LogP contribution in [0.4, 0.5) is 5.69 Å². The fourth-order valence-corrected chi connectivity index (χ4v) is 8.27. The first-order valence-corrected chi connectivity index (χ1v) is 15.1. The van der Waals surface area contributed by atoms with E-state index in [2.05, 4.69) is 5.32 Å². The van der Waals surface area contributed by atoms with Gasteiger partial charge in [-0.05, 0) is 71.6 Å². The van der Waals surface area contributed by atoms with Crippen LogP contribution >= 0.6 is 46.4 Å². The van der Waals surface area contributed by atoms with Crippen molar-refractivity contribution in [1.82, 2.24) is 4.90 Å². The van der Waals surface area contributed by atoms with Crippen molar-refractivity contribution in [2.24, 2.45) is 11.8 Å². The summed E-state index contributed by atoms with van der Waals surface area (Å²) in [7, 11) is 0. The predicted molar refractivity (Wildman–Crippen MR) is 166 cm³/mol. The van der Waals surface area contributed by atoms with Crippen molar-refractivity contribution >= 4 is 69.8 Å². The highest BCUT2D eigenvalue weighted by molar-refractivity contribution is 6.36. The van der Waals surface area contributed by atoms with Crippen LogP contribution in [-0.4, -0.2) is 28.7 Å². The van der Waals surface area contributed by atoms with E-state index in [1.165, 1.54) is 6.92 Å². The van der Waals surface area contributed by atoms with Crippen molar-refractivity contribution in [3.05, 3.63) is 123 Å². The number of likely N-dealkylation sites (tertiary alicyclic amines) is 1. The number of benzene rings is 4. The zero-order valence-electron chi connectivity index (χ0n) is 22.5. The van der Waals surface area contributed by atoms with E-state index in [-0.39, 0.29) is 0 Å². The lowest BCUT2D eigenvalue weighted by atomic mass is 9.54. The van der Waals surface area contributed by atoms with Gasteiger partial charge >= 0.3 is 0 Å². The second-order valence-electron chi connectivity index (χ2n) is 10.9. The summed E-state index contributed by atoms with van der Waals surface area (Å²) in [6.07, 6.45) is 0. The molecule has 4 aliphatic rings. The number of hydrogen-bond donors (Lipinski definition) is 1. The molecule has 1 aliphatic heterocycles. The third-order valence-corrected chi connectivity index (χ3v) is 10.4. The molecule has 6 nitrogen and oxygen atoms in total. The van der Waals surface area contributed by atoms with Gasteiger partial charge in [0.15, 0.2) is 0 Å². The zero-order chi connectivity index (χ0) is 30.3. The second kappa shape index (κ2) is 10.00. The number of imide groups is 1. The first-order valence-electron chi connectivity index (χ1n) is 13.6. The smallest absolute Gasteiger partial charge is 0.247 e. The standard InChI is InChI=1S/C33H22Cl4N2O4/c1-17(29(40)38-19-11-13-20(14-12-19)43-26-15-10-18(34)16-25(26)35)39-30(41)27-28(31(39)42)33(37)22-7-3-2-6-21(22)32(27,36)23-8-4-5-9-24(23)33/h2-17,27-28H,1H3,(H,38,40)/t17-,27-,28-,32?,33?/m1/s1. The summed E-state index contributed by atoms with van der Waals surface area (Å²) in [5.41, 5.74) is 3.26. The molecule has 0 unspecified atom stereocenters. The molecule has 0 spiro atoms. The van der Waals surface area contributed by atoms with Crippen molar-refractivity contribution < 1.29 is 19.1 Å². The highest BCUT2D eigenvalue weighted by Gasteiger charge is 2.73. The Kier molecular flexibility index (Phi) is 6.56. The quantitative estimate of drug-likeness (QED) is 0.177. The Morgan fingerprint density at radius 2 is 1.28 bits per heavy atom. The summed E-state index contributed by atoms with van der Waals surface area (Å²) in [5.74, 6) is -2.62. The van der Waals surface area contributed by atoms with Gasteiger partial charge in [0.25, 0.3) is 0 Å². The number of nitrogens with zero attached hydrogens (tertiary/aromatic N) is 1. The molecule has 4 aromatic carbocycles. The molecule has 10 heteroatoms. The number of anilines is 1. The van der Waals surface area contributed by atoms with E-state index < -0.39 is 45.3 Å². The zero-order valence-corrected chi connectivity index (χ0v) is 25.5. The first-order chi connectivity index (χ1) is 20.6.